The molecule has 0 aromatic heterocycles. The lowest BCUT2D eigenvalue weighted by molar-refractivity contribution is -0.133. The molecule has 2 N–H and O–H groups in total. The highest BCUT2D eigenvalue weighted by Crippen LogP contribution is 2.18. The van der Waals surface area contributed by atoms with Gasteiger partial charge in [0.25, 0.3) is 0 Å². The number of amides is 1. The van der Waals surface area contributed by atoms with Gasteiger partial charge in [-0.3, -0.25) is 14.7 Å². The molecule has 6 nitrogen and oxygen atoms in total. The van der Waals surface area contributed by atoms with E-state index < -0.39 is 0 Å². The summed E-state index contributed by atoms with van der Waals surface area (Å²) < 4.78 is 0. The molecule has 0 bridgehead atoms. The van der Waals surface area contributed by atoms with Crippen LogP contribution in [0.25, 0.3) is 0 Å². The second kappa shape index (κ2) is 13.0. The maximum Gasteiger partial charge on any atom is 0.239 e. The van der Waals surface area contributed by atoms with Crippen molar-refractivity contribution >= 4 is 35.8 Å². The second-order valence-corrected chi connectivity index (χ2v) is 7.26. The molecule has 1 amide bonds. The highest BCUT2D eigenvalue weighted by Gasteiger charge is 2.30. The van der Waals surface area contributed by atoms with Crippen molar-refractivity contribution in [3.05, 3.63) is 35.4 Å². The van der Waals surface area contributed by atoms with Gasteiger partial charge in [-0.1, -0.05) is 31.2 Å². The fourth-order valence-electron chi connectivity index (χ4n) is 3.63. The molecule has 1 aromatic rings. The maximum atomic E-state index is 12.3. The monoisotopic (exact) mass is 501 g/mol. The van der Waals surface area contributed by atoms with Crippen LogP contribution in [0.3, 0.4) is 0 Å². The minimum absolute atomic E-state index is 0. The molecule has 0 spiro atoms. The zero-order valence-electron chi connectivity index (χ0n) is 17.7. The van der Waals surface area contributed by atoms with Crippen molar-refractivity contribution in [2.24, 2.45) is 4.99 Å². The molecule has 1 aliphatic rings. The van der Waals surface area contributed by atoms with Crippen LogP contribution in [0.15, 0.2) is 29.3 Å². The van der Waals surface area contributed by atoms with Crippen molar-refractivity contribution in [1.82, 2.24) is 20.4 Å². The summed E-state index contributed by atoms with van der Waals surface area (Å²) in [7, 11) is 5.48. The van der Waals surface area contributed by atoms with E-state index in [9.17, 15) is 4.79 Å². The van der Waals surface area contributed by atoms with E-state index in [1.54, 1.807) is 11.9 Å². The van der Waals surface area contributed by atoms with E-state index in [0.717, 1.165) is 57.8 Å². The quantitative estimate of drug-likeness (QED) is 0.249. The second-order valence-electron chi connectivity index (χ2n) is 7.26. The Morgan fingerprint density at radius 3 is 2.61 bits per heavy atom. The Bertz CT molecular complexity index is 635. The number of hydrogen-bond acceptors (Lipinski definition) is 3. The molecule has 7 heteroatoms. The van der Waals surface area contributed by atoms with Gasteiger partial charge in [0.2, 0.25) is 5.91 Å². The summed E-state index contributed by atoms with van der Waals surface area (Å²) in [6.07, 6.45) is 4.11. The third-order valence-corrected chi connectivity index (χ3v) is 5.17. The minimum atomic E-state index is 0. The molecule has 1 aromatic carbocycles. The van der Waals surface area contributed by atoms with Crippen LogP contribution in [0.2, 0.25) is 0 Å². The molecule has 1 saturated heterocycles. The number of benzene rings is 1. The van der Waals surface area contributed by atoms with E-state index >= 15 is 0 Å². The summed E-state index contributed by atoms with van der Waals surface area (Å²) in [4.78, 5) is 20.6. The number of rotatable bonds is 8. The number of aryl methyl sites for hydroxylation is 1. The van der Waals surface area contributed by atoms with E-state index in [1.165, 1.54) is 11.1 Å². The lowest BCUT2D eigenvalue weighted by Gasteiger charge is -2.26. The van der Waals surface area contributed by atoms with Crippen molar-refractivity contribution in [1.29, 1.82) is 0 Å². The van der Waals surface area contributed by atoms with Crippen LogP contribution in [-0.4, -0.2) is 68.5 Å². The number of nitrogens with one attached hydrogen (secondary N) is 2. The number of likely N-dealkylation sites (tertiary alicyclic amines) is 1. The van der Waals surface area contributed by atoms with Crippen molar-refractivity contribution in [3.8, 4) is 0 Å². The van der Waals surface area contributed by atoms with Gasteiger partial charge in [-0.05, 0) is 43.4 Å². The van der Waals surface area contributed by atoms with E-state index in [2.05, 4.69) is 51.7 Å². The Labute approximate surface area is 187 Å². The van der Waals surface area contributed by atoms with Gasteiger partial charge in [0.15, 0.2) is 5.96 Å². The minimum Gasteiger partial charge on any atom is -0.356 e. The topological polar surface area (TPSA) is 60.0 Å². The molecule has 1 unspecified atom stereocenters. The highest BCUT2D eigenvalue weighted by atomic mass is 127. The molecular formula is C21H36IN5O. The Hall–Kier alpha value is -1.35. The largest absolute Gasteiger partial charge is 0.356 e. The molecule has 1 fully saturated rings. The lowest BCUT2D eigenvalue weighted by atomic mass is 10.1. The third kappa shape index (κ3) is 7.24. The molecule has 1 atom stereocenters. The summed E-state index contributed by atoms with van der Waals surface area (Å²) >= 11 is 0. The Morgan fingerprint density at radius 1 is 1.25 bits per heavy atom. The number of carbonyl (C=O) groups excluding carboxylic acids is 1. The number of nitrogens with zero attached hydrogens (tertiary/aromatic N) is 3. The summed E-state index contributed by atoms with van der Waals surface area (Å²) in [6.45, 7) is 5.75. The van der Waals surface area contributed by atoms with Crippen LogP contribution < -0.4 is 10.6 Å². The zero-order chi connectivity index (χ0) is 19.6. The fraction of sp³-hybridized carbons (Fsp3) is 0.619. The first-order chi connectivity index (χ1) is 13.1. The summed E-state index contributed by atoms with van der Waals surface area (Å²) in [5.74, 6) is 1.05. The number of guanidine groups is 1. The molecule has 0 saturated carbocycles. The van der Waals surface area contributed by atoms with Gasteiger partial charge in [0.1, 0.15) is 0 Å². The number of aliphatic imine (C=N–C) groups is 1. The molecule has 2 rings (SSSR count). The van der Waals surface area contributed by atoms with Crippen molar-refractivity contribution in [3.63, 3.8) is 0 Å². The number of hydrogen-bond donors (Lipinski definition) is 2. The van der Waals surface area contributed by atoms with Crippen LogP contribution in [0, 0.1) is 0 Å². The van der Waals surface area contributed by atoms with E-state index in [1.807, 2.05) is 14.1 Å². The Balaban J connectivity index is 0.00000392. The van der Waals surface area contributed by atoms with Gasteiger partial charge in [-0.15, -0.1) is 24.0 Å². The summed E-state index contributed by atoms with van der Waals surface area (Å²) in [5.41, 5.74) is 2.68. The van der Waals surface area contributed by atoms with E-state index in [4.69, 9.17) is 0 Å². The molecule has 0 radical (unpaired) electrons. The van der Waals surface area contributed by atoms with Gasteiger partial charge < -0.3 is 15.5 Å². The highest BCUT2D eigenvalue weighted by molar-refractivity contribution is 14.0. The average Bonchev–Trinajstić information content (AvgIpc) is 3.15. The van der Waals surface area contributed by atoms with Gasteiger partial charge in [-0.25, -0.2) is 0 Å². The SMILES string of the molecule is CCc1ccccc1CNC(=NC)NCCCN1CCCC1C(=O)N(C)C.I. The zero-order valence-corrected chi connectivity index (χ0v) is 20.0. The van der Waals surface area contributed by atoms with Gasteiger partial charge in [0, 0.05) is 40.8 Å². The Morgan fingerprint density at radius 2 is 1.96 bits per heavy atom. The first-order valence-electron chi connectivity index (χ1n) is 10.0. The van der Waals surface area contributed by atoms with E-state index in [-0.39, 0.29) is 35.9 Å². The van der Waals surface area contributed by atoms with Crippen LogP contribution in [-0.2, 0) is 17.8 Å². The molecule has 28 heavy (non-hydrogen) atoms. The molecule has 0 aliphatic carbocycles. The van der Waals surface area contributed by atoms with Gasteiger partial charge in [-0.2, -0.15) is 0 Å². The van der Waals surface area contributed by atoms with Crippen molar-refractivity contribution < 1.29 is 4.79 Å². The van der Waals surface area contributed by atoms with Crippen LogP contribution in [0.5, 0.6) is 0 Å². The first kappa shape index (κ1) is 24.7. The normalized spacial score (nSPS) is 17.1. The third-order valence-electron chi connectivity index (χ3n) is 5.17. The van der Waals surface area contributed by atoms with Crippen LogP contribution in [0.4, 0.5) is 0 Å². The summed E-state index contributed by atoms with van der Waals surface area (Å²) in [5, 5.41) is 6.78. The van der Waals surface area contributed by atoms with Gasteiger partial charge in [0.05, 0.1) is 6.04 Å². The first-order valence-corrected chi connectivity index (χ1v) is 10.0. The average molecular weight is 501 g/mol. The smallest absolute Gasteiger partial charge is 0.239 e. The van der Waals surface area contributed by atoms with Gasteiger partial charge >= 0.3 is 0 Å². The molecule has 1 aliphatic heterocycles. The predicted molar refractivity (Wildman–Crippen MR) is 127 cm³/mol. The lowest BCUT2D eigenvalue weighted by Crippen LogP contribution is -2.44. The fourth-order valence-corrected chi connectivity index (χ4v) is 3.63. The van der Waals surface area contributed by atoms with Crippen molar-refractivity contribution in [2.45, 2.75) is 45.2 Å². The maximum absolute atomic E-state index is 12.3. The van der Waals surface area contributed by atoms with Crippen LogP contribution >= 0.6 is 24.0 Å². The van der Waals surface area contributed by atoms with E-state index in [0.29, 0.717) is 0 Å². The number of halogens is 1. The molecular weight excluding hydrogens is 465 g/mol. The number of likely N-dealkylation sites (N-methyl/N-ethyl adjacent to an activating group) is 1. The standard InChI is InChI=1S/C21H35N5O.HI/c1-5-17-10-6-7-11-18(17)16-24-21(22-2)23-13-9-15-26-14-8-12-19(26)20(27)25(3)4;/h6-7,10-11,19H,5,8-9,12-16H2,1-4H3,(H2,22,23,24);1H. The van der Waals surface area contributed by atoms with Crippen molar-refractivity contribution in [2.75, 3.05) is 40.8 Å². The molecule has 1 heterocycles. The van der Waals surface area contributed by atoms with Crippen LogP contribution in [0.1, 0.15) is 37.3 Å². The summed E-state index contributed by atoms with van der Waals surface area (Å²) in [6, 6.07) is 8.56. The number of carbonyl (C=O) groups is 1. The Kier molecular flexibility index (Phi) is 11.4. The predicted octanol–water partition coefficient (Wildman–Crippen LogP) is 2.47. The molecule has 158 valence electrons.